The minimum absolute atomic E-state index is 0.501. The molecule has 0 unspecified atom stereocenters. The maximum absolute atomic E-state index is 6.12. The summed E-state index contributed by atoms with van der Waals surface area (Å²) >= 11 is 1.65. The number of hydrogen-bond acceptors (Lipinski definition) is 4. The van der Waals surface area contributed by atoms with Crippen LogP contribution < -0.4 is 4.74 Å². The van der Waals surface area contributed by atoms with Gasteiger partial charge in [0.05, 0.1) is 18.6 Å². The Labute approximate surface area is 178 Å². The second-order valence-corrected chi connectivity index (χ2v) is 8.14. The van der Waals surface area contributed by atoms with Gasteiger partial charge in [-0.3, -0.25) is 0 Å². The summed E-state index contributed by atoms with van der Waals surface area (Å²) < 4.78 is 11.2. The van der Waals surface area contributed by atoms with Gasteiger partial charge in [0, 0.05) is 17.4 Å². The first kappa shape index (κ1) is 21.1. The lowest BCUT2D eigenvalue weighted by Gasteiger charge is -2.10. The van der Waals surface area contributed by atoms with E-state index in [1.165, 1.54) is 11.1 Å². The van der Waals surface area contributed by atoms with Gasteiger partial charge in [-0.15, -0.1) is 11.3 Å². The van der Waals surface area contributed by atoms with Gasteiger partial charge in [0.1, 0.15) is 17.4 Å². The summed E-state index contributed by atoms with van der Waals surface area (Å²) in [4.78, 5) is 4.74. The molecule has 3 rings (SSSR count). The molecule has 29 heavy (non-hydrogen) atoms. The molecule has 0 atom stereocenters. The fraction of sp³-hybridized carbons (Fsp3) is 0.320. The van der Waals surface area contributed by atoms with Crippen molar-refractivity contribution in [1.82, 2.24) is 4.98 Å². The minimum atomic E-state index is 0.501. The number of allylic oxidation sites excluding steroid dienone is 1. The highest BCUT2D eigenvalue weighted by Crippen LogP contribution is 2.25. The average molecular weight is 408 g/mol. The summed E-state index contributed by atoms with van der Waals surface area (Å²) in [6.45, 7) is 6.47. The maximum atomic E-state index is 6.12. The number of rotatable bonds is 11. The number of nitrogens with zero attached hydrogens (tertiary/aromatic N) is 1. The van der Waals surface area contributed by atoms with Gasteiger partial charge in [-0.2, -0.15) is 0 Å². The number of hydrogen-bond donors (Lipinski definition) is 0. The lowest BCUT2D eigenvalue weighted by Crippen LogP contribution is -1.99. The molecule has 1 heterocycles. The minimum Gasteiger partial charge on any atom is -0.502 e. The van der Waals surface area contributed by atoms with Gasteiger partial charge in [0.25, 0.3) is 0 Å². The molecule has 0 N–H and O–H groups in total. The van der Waals surface area contributed by atoms with Gasteiger partial charge >= 0.3 is 0 Å². The molecule has 3 nitrogen and oxygen atoms in total. The summed E-state index contributed by atoms with van der Waals surface area (Å²) in [5.74, 6) is 1.82. The number of unbranched alkanes of at least 4 members (excludes halogenated alkanes) is 2. The Bertz CT molecular complexity index is 915. The Hall–Kier alpha value is -2.59. The number of para-hydroxylation sites is 1. The van der Waals surface area contributed by atoms with Crippen molar-refractivity contribution >= 4 is 11.3 Å². The predicted molar refractivity (Wildman–Crippen MR) is 121 cm³/mol. The molecule has 0 saturated carbocycles. The third kappa shape index (κ3) is 6.47. The Morgan fingerprint density at radius 3 is 2.62 bits per heavy atom. The van der Waals surface area contributed by atoms with Gasteiger partial charge in [-0.25, -0.2) is 4.98 Å². The molecule has 0 saturated heterocycles. The monoisotopic (exact) mass is 407 g/mol. The van der Waals surface area contributed by atoms with Gasteiger partial charge in [-0.1, -0.05) is 61.0 Å². The molecule has 0 bridgehead atoms. The predicted octanol–water partition coefficient (Wildman–Crippen LogP) is 6.96. The van der Waals surface area contributed by atoms with Crippen LogP contribution in [0.2, 0.25) is 0 Å². The Kier molecular flexibility index (Phi) is 7.88. The van der Waals surface area contributed by atoms with Gasteiger partial charge in [0.2, 0.25) is 0 Å². The molecule has 1 aromatic heterocycles. The average Bonchev–Trinajstić information content (AvgIpc) is 3.22. The van der Waals surface area contributed by atoms with Crippen molar-refractivity contribution in [2.45, 2.75) is 45.6 Å². The molecule has 0 aliphatic carbocycles. The first-order valence-corrected chi connectivity index (χ1v) is 11.0. The van der Waals surface area contributed by atoms with Crippen molar-refractivity contribution in [3.05, 3.63) is 82.4 Å². The normalized spacial score (nSPS) is 10.7. The maximum Gasteiger partial charge on any atom is 0.140 e. The molecule has 0 fully saturated rings. The van der Waals surface area contributed by atoms with E-state index in [9.17, 15) is 0 Å². The van der Waals surface area contributed by atoms with Crippen LogP contribution in [0.25, 0.3) is 11.3 Å². The van der Waals surface area contributed by atoms with E-state index in [2.05, 4.69) is 61.3 Å². The summed E-state index contributed by atoms with van der Waals surface area (Å²) in [5, 5.41) is 3.09. The second-order valence-electron chi connectivity index (χ2n) is 7.19. The highest BCUT2D eigenvalue weighted by atomic mass is 32.1. The number of methoxy groups -OCH3 is 1. The largest absolute Gasteiger partial charge is 0.502 e. The van der Waals surface area contributed by atoms with E-state index in [1.807, 2.05) is 6.07 Å². The van der Waals surface area contributed by atoms with Crippen molar-refractivity contribution in [2.24, 2.45) is 0 Å². The van der Waals surface area contributed by atoms with Gasteiger partial charge in [0.15, 0.2) is 0 Å². The molecule has 0 aliphatic rings. The topological polar surface area (TPSA) is 31.4 Å². The quantitative estimate of drug-likeness (QED) is 0.254. The number of aromatic nitrogens is 1. The molecule has 152 valence electrons. The molecular weight excluding hydrogens is 378 g/mol. The Balaban J connectivity index is 1.52. The van der Waals surface area contributed by atoms with Crippen LogP contribution in [-0.2, 0) is 17.8 Å². The standard InChI is InChI=1S/C25H29NO2S/c1-19-13-15-21(16-14-19)23-18-29-25(26-23)17-28-24-12-8-7-11-22(24)10-6-4-5-9-20(2)27-3/h7-8,11-16,18H,2,4-6,9-10,17H2,1,3H3. The zero-order valence-corrected chi connectivity index (χ0v) is 18.1. The second kappa shape index (κ2) is 10.8. The molecular formula is C25H29NO2S. The van der Waals surface area contributed by atoms with Gasteiger partial charge in [-0.05, 0) is 37.8 Å². The van der Waals surface area contributed by atoms with Crippen LogP contribution in [0.15, 0.2) is 66.2 Å². The van der Waals surface area contributed by atoms with Crippen LogP contribution in [0.5, 0.6) is 5.75 Å². The summed E-state index contributed by atoms with van der Waals surface area (Å²) in [5.41, 5.74) is 4.68. The highest BCUT2D eigenvalue weighted by Gasteiger charge is 2.08. The number of aryl methyl sites for hydroxylation is 2. The van der Waals surface area contributed by atoms with Crippen molar-refractivity contribution < 1.29 is 9.47 Å². The van der Waals surface area contributed by atoms with Crippen molar-refractivity contribution in [1.29, 1.82) is 0 Å². The van der Waals surface area contributed by atoms with Gasteiger partial charge < -0.3 is 9.47 Å². The molecule has 2 aromatic carbocycles. The van der Waals surface area contributed by atoms with E-state index in [-0.39, 0.29) is 0 Å². The fourth-order valence-corrected chi connectivity index (χ4v) is 3.86. The lowest BCUT2D eigenvalue weighted by molar-refractivity contribution is 0.276. The number of benzene rings is 2. The molecule has 0 aliphatic heterocycles. The van der Waals surface area contributed by atoms with Crippen LogP contribution in [0, 0.1) is 6.92 Å². The Morgan fingerprint density at radius 1 is 1.03 bits per heavy atom. The van der Waals surface area contributed by atoms with Crippen LogP contribution in [0.4, 0.5) is 0 Å². The molecule has 4 heteroatoms. The number of ether oxygens (including phenoxy) is 2. The summed E-state index contributed by atoms with van der Waals surface area (Å²) in [6.07, 6.45) is 5.34. The third-order valence-electron chi connectivity index (χ3n) is 4.91. The van der Waals surface area contributed by atoms with E-state index in [4.69, 9.17) is 14.5 Å². The molecule has 3 aromatic rings. The van der Waals surface area contributed by atoms with E-state index < -0.39 is 0 Å². The molecule has 0 radical (unpaired) electrons. The fourth-order valence-electron chi connectivity index (χ4n) is 3.14. The van der Waals surface area contributed by atoms with Crippen molar-refractivity contribution in [3.8, 4) is 17.0 Å². The first-order valence-electron chi connectivity index (χ1n) is 10.1. The molecule has 0 amide bonds. The van der Waals surface area contributed by atoms with E-state index in [1.54, 1.807) is 18.4 Å². The van der Waals surface area contributed by atoms with Crippen molar-refractivity contribution in [3.63, 3.8) is 0 Å². The smallest absolute Gasteiger partial charge is 0.140 e. The van der Waals surface area contributed by atoms with Crippen LogP contribution in [0.1, 0.15) is 41.8 Å². The summed E-state index contributed by atoms with van der Waals surface area (Å²) in [7, 11) is 1.68. The van der Waals surface area contributed by atoms with Crippen LogP contribution in [-0.4, -0.2) is 12.1 Å². The highest BCUT2D eigenvalue weighted by molar-refractivity contribution is 7.09. The van der Waals surface area contributed by atoms with Crippen LogP contribution >= 0.6 is 11.3 Å². The number of thiazole rings is 1. The third-order valence-corrected chi connectivity index (χ3v) is 5.74. The first-order chi connectivity index (χ1) is 14.2. The van der Waals surface area contributed by atoms with E-state index >= 15 is 0 Å². The van der Waals surface area contributed by atoms with Crippen molar-refractivity contribution in [2.75, 3.05) is 7.11 Å². The summed E-state index contributed by atoms with van der Waals surface area (Å²) in [6, 6.07) is 16.8. The lowest BCUT2D eigenvalue weighted by atomic mass is 10.0. The zero-order valence-electron chi connectivity index (χ0n) is 17.3. The van der Waals surface area contributed by atoms with Crippen LogP contribution in [0.3, 0.4) is 0 Å². The van der Waals surface area contributed by atoms with E-state index in [0.29, 0.717) is 6.61 Å². The Morgan fingerprint density at radius 2 is 1.83 bits per heavy atom. The SMILES string of the molecule is C=C(CCCCCc1ccccc1OCc1nc(-c2ccc(C)cc2)cs1)OC. The molecule has 0 spiro atoms. The van der Waals surface area contributed by atoms with E-state index in [0.717, 1.165) is 59.9 Å². The zero-order chi connectivity index (χ0) is 20.5.